The van der Waals surface area contributed by atoms with Crippen molar-refractivity contribution in [3.63, 3.8) is 0 Å². The summed E-state index contributed by atoms with van der Waals surface area (Å²) in [5.74, 6) is -0.317. The molecule has 0 bridgehead atoms. The predicted octanol–water partition coefficient (Wildman–Crippen LogP) is 6.09. The molecular formula is C28H30N3O4P. The number of fused-ring (bicyclic) bond motifs is 1. The summed E-state index contributed by atoms with van der Waals surface area (Å²) in [4.78, 5) is 32.6. The number of carbonyl (C=O) groups excluding carboxylic acids is 1. The van der Waals surface area contributed by atoms with Crippen LogP contribution in [0, 0.1) is 0 Å². The molecule has 7 nitrogen and oxygen atoms in total. The second-order valence-electron chi connectivity index (χ2n) is 8.78. The lowest BCUT2D eigenvalue weighted by atomic mass is 9.92. The molecule has 0 aliphatic rings. The van der Waals surface area contributed by atoms with Crippen LogP contribution >= 0.6 is 7.60 Å². The van der Waals surface area contributed by atoms with E-state index in [1.54, 1.807) is 55.1 Å². The molecule has 0 spiro atoms. The number of amides is 1. The van der Waals surface area contributed by atoms with Crippen LogP contribution in [0.5, 0.6) is 0 Å². The monoisotopic (exact) mass is 503 g/mol. The Balaban J connectivity index is 1.55. The quantitative estimate of drug-likeness (QED) is 0.200. The molecule has 0 unspecified atom stereocenters. The van der Waals surface area contributed by atoms with E-state index in [2.05, 4.69) is 28.6 Å². The molecule has 1 aromatic heterocycles. The summed E-state index contributed by atoms with van der Waals surface area (Å²) < 4.78 is 14.0. The zero-order valence-corrected chi connectivity index (χ0v) is 21.4. The highest BCUT2D eigenvalue weighted by atomic mass is 31.2. The average molecular weight is 504 g/mol. The highest BCUT2D eigenvalue weighted by Gasteiger charge is 2.45. The molecule has 1 heterocycles. The Bertz CT molecular complexity index is 1460. The van der Waals surface area contributed by atoms with E-state index < -0.39 is 12.8 Å². The van der Waals surface area contributed by atoms with Gasteiger partial charge in [0.1, 0.15) is 0 Å². The second kappa shape index (κ2) is 10.2. The first-order valence-electron chi connectivity index (χ1n) is 11.9. The topological polar surface area (TPSA) is 104 Å². The molecule has 0 saturated heterocycles. The molecule has 0 atom stereocenters. The number of hydrogen-bond donors (Lipinski definition) is 3. The van der Waals surface area contributed by atoms with Gasteiger partial charge in [0.25, 0.3) is 0 Å². The summed E-state index contributed by atoms with van der Waals surface area (Å²) in [5, 5.41) is 8.22. The maximum Gasteiger partial charge on any atom is 0.335 e. The summed E-state index contributed by atoms with van der Waals surface area (Å²) in [6.07, 6.45) is 5.55. The number of nitrogens with one attached hydrogen (secondary N) is 1. The molecular weight excluding hydrogens is 473 g/mol. The van der Waals surface area contributed by atoms with E-state index in [-0.39, 0.29) is 5.91 Å². The van der Waals surface area contributed by atoms with Crippen LogP contribution in [-0.2, 0) is 21.6 Å². The van der Waals surface area contributed by atoms with Crippen molar-refractivity contribution in [1.82, 2.24) is 9.78 Å². The molecule has 1 amide bonds. The molecule has 3 aromatic carbocycles. The number of aromatic nitrogens is 2. The highest BCUT2D eigenvalue weighted by molar-refractivity contribution is 7.53. The van der Waals surface area contributed by atoms with Gasteiger partial charge in [0.2, 0.25) is 5.91 Å². The van der Waals surface area contributed by atoms with Crippen molar-refractivity contribution in [3.05, 3.63) is 90.1 Å². The first kappa shape index (κ1) is 25.6. The van der Waals surface area contributed by atoms with Crippen LogP contribution < -0.4 is 5.32 Å². The average Bonchev–Trinajstić information content (AvgIpc) is 3.23. The Labute approximate surface area is 210 Å². The summed E-state index contributed by atoms with van der Waals surface area (Å²) >= 11 is 0. The van der Waals surface area contributed by atoms with Crippen LogP contribution in [-0.4, -0.2) is 25.5 Å². The van der Waals surface area contributed by atoms with Crippen LogP contribution in [0.25, 0.3) is 28.1 Å². The smallest absolute Gasteiger partial charge is 0.324 e. The Kier molecular flexibility index (Phi) is 7.27. The third-order valence-corrected chi connectivity index (χ3v) is 8.85. The molecule has 0 aliphatic carbocycles. The maximum atomic E-state index is 12.7. The lowest BCUT2D eigenvalue weighted by Gasteiger charge is -2.33. The number of hydrogen-bond acceptors (Lipinski definition) is 3. The van der Waals surface area contributed by atoms with Gasteiger partial charge in [-0.2, -0.15) is 5.10 Å². The number of anilines is 1. The zero-order valence-electron chi connectivity index (χ0n) is 20.5. The van der Waals surface area contributed by atoms with Crippen molar-refractivity contribution in [2.45, 2.75) is 31.8 Å². The van der Waals surface area contributed by atoms with Gasteiger partial charge in [-0.3, -0.25) is 14.0 Å². The van der Waals surface area contributed by atoms with Crippen LogP contribution in [0.4, 0.5) is 5.69 Å². The lowest BCUT2D eigenvalue weighted by Crippen LogP contribution is -2.24. The standard InChI is InChI=1S/C28H30N3O4P/c1-4-28(5-2,36(33,34)35)22-14-16-23(17-15-22)30-26(32)18-13-21-19-29-31(3)27(21)25-12-8-10-20-9-6-7-11-24(20)25/h6-19H,4-5H2,1-3H3,(H,30,32)(H2,33,34,35)/b18-13+. The van der Waals surface area contributed by atoms with Crippen molar-refractivity contribution in [2.24, 2.45) is 7.05 Å². The Hall–Kier alpha value is -3.51. The molecule has 186 valence electrons. The van der Waals surface area contributed by atoms with Gasteiger partial charge in [0, 0.05) is 29.9 Å². The van der Waals surface area contributed by atoms with E-state index in [4.69, 9.17) is 0 Å². The third kappa shape index (κ3) is 4.78. The van der Waals surface area contributed by atoms with E-state index in [0.29, 0.717) is 24.1 Å². The van der Waals surface area contributed by atoms with E-state index in [1.165, 1.54) is 6.08 Å². The summed E-state index contributed by atoms with van der Waals surface area (Å²) in [6, 6.07) is 20.9. The van der Waals surface area contributed by atoms with E-state index in [1.807, 2.05) is 31.3 Å². The molecule has 0 saturated carbocycles. The minimum atomic E-state index is -4.37. The Morgan fingerprint density at radius 3 is 2.36 bits per heavy atom. The fraction of sp³-hybridized carbons (Fsp3) is 0.214. The van der Waals surface area contributed by atoms with Crippen LogP contribution in [0.1, 0.15) is 37.8 Å². The van der Waals surface area contributed by atoms with E-state index in [0.717, 1.165) is 27.6 Å². The van der Waals surface area contributed by atoms with Gasteiger partial charge in [-0.05, 0) is 47.4 Å². The summed E-state index contributed by atoms with van der Waals surface area (Å²) in [6.45, 7) is 3.54. The van der Waals surface area contributed by atoms with Gasteiger partial charge < -0.3 is 15.1 Å². The van der Waals surface area contributed by atoms with Crippen molar-refractivity contribution in [3.8, 4) is 11.3 Å². The van der Waals surface area contributed by atoms with Crippen LogP contribution in [0.15, 0.2) is 79.0 Å². The maximum absolute atomic E-state index is 12.7. The number of benzene rings is 3. The fourth-order valence-electron chi connectivity index (χ4n) is 4.79. The third-order valence-electron chi connectivity index (χ3n) is 6.84. The molecule has 0 fully saturated rings. The lowest BCUT2D eigenvalue weighted by molar-refractivity contribution is -0.111. The van der Waals surface area contributed by atoms with Gasteiger partial charge >= 0.3 is 7.60 Å². The van der Waals surface area contributed by atoms with Crippen molar-refractivity contribution < 1.29 is 19.1 Å². The zero-order chi connectivity index (χ0) is 25.9. The predicted molar refractivity (Wildman–Crippen MR) is 145 cm³/mol. The number of nitrogens with zero attached hydrogens (tertiary/aromatic N) is 2. The molecule has 3 N–H and O–H groups in total. The van der Waals surface area contributed by atoms with Gasteiger partial charge in [0.05, 0.1) is 17.0 Å². The summed E-state index contributed by atoms with van der Waals surface area (Å²) in [7, 11) is -2.49. The van der Waals surface area contributed by atoms with Crippen molar-refractivity contribution in [2.75, 3.05) is 5.32 Å². The van der Waals surface area contributed by atoms with Crippen molar-refractivity contribution >= 4 is 36.0 Å². The van der Waals surface area contributed by atoms with E-state index in [9.17, 15) is 19.1 Å². The fourth-order valence-corrected chi connectivity index (χ4v) is 6.10. The minimum absolute atomic E-state index is 0.312. The number of carbonyl (C=O) groups is 1. The van der Waals surface area contributed by atoms with Gasteiger partial charge in [0.15, 0.2) is 0 Å². The Morgan fingerprint density at radius 2 is 1.69 bits per heavy atom. The minimum Gasteiger partial charge on any atom is -0.324 e. The first-order chi connectivity index (χ1) is 17.2. The molecule has 0 radical (unpaired) electrons. The van der Waals surface area contributed by atoms with Gasteiger partial charge in [-0.15, -0.1) is 0 Å². The molecule has 0 aliphatic heterocycles. The molecule has 4 aromatic rings. The van der Waals surface area contributed by atoms with Gasteiger partial charge in [-0.1, -0.05) is 68.4 Å². The van der Waals surface area contributed by atoms with Crippen LogP contribution in [0.2, 0.25) is 0 Å². The normalized spacial score (nSPS) is 12.4. The van der Waals surface area contributed by atoms with E-state index >= 15 is 0 Å². The second-order valence-corrected chi connectivity index (χ2v) is 10.7. The largest absolute Gasteiger partial charge is 0.335 e. The van der Waals surface area contributed by atoms with Crippen molar-refractivity contribution in [1.29, 1.82) is 0 Å². The molecule has 36 heavy (non-hydrogen) atoms. The summed E-state index contributed by atoms with van der Waals surface area (Å²) in [5.41, 5.74) is 3.86. The SMILES string of the molecule is CCC(CC)(c1ccc(NC(=O)/C=C/c2cnn(C)c2-c2cccc3ccccc23)cc1)P(=O)(O)O. The van der Waals surface area contributed by atoms with Crippen LogP contribution in [0.3, 0.4) is 0 Å². The van der Waals surface area contributed by atoms with Gasteiger partial charge in [-0.25, -0.2) is 0 Å². The molecule has 8 heteroatoms. The Morgan fingerprint density at radius 1 is 1.03 bits per heavy atom. The number of rotatable bonds is 8. The highest BCUT2D eigenvalue weighted by Crippen LogP contribution is 2.60. The first-order valence-corrected chi connectivity index (χ1v) is 13.5. The molecule has 4 rings (SSSR count). The number of aryl methyl sites for hydroxylation is 1.